The van der Waals surface area contributed by atoms with Gasteiger partial charge in [-0.05, 0) is 25.0 Å². The molecule has 5 nitrogen and oxygen atoms in total. The Labute approximate surface area is 150 Å². The van der Waals surface area contributed by atoms with Crippen molar-refractivity contribution < 1.29 is 24.2 Å². The van der Waals surface area contributed by atoms with Crippen LogP contribution in [0.3, 0.4) is 0 Å². The van der Waals surface area contributed by atoms with E-state index in [0.717, 1.165) is 32.0 Å². The lowest BCUT2D eigenvalue weighted by Crippen LogP contribution is -2.07. The van der Waals surface area contributed by atoms with E-state index in [-0.39, 0.29) is 11.7 Å². The fraction of sp³-hybridized carbons (Fsp3) is 0.550. The number of carboxylic acids is 1. The third-order valence-electron chi connectivity index (χ3n) is 3.44. The summed E-state index contributed by atoms with van der Waals surface area (Å²) in [5, 5.41) is 7.99. The Morgan fingerprint density at radius 2 is 1.80 bits per heavy atom. The van der Waals surface area contributed by atoms with Gasteiger partial charge < -0.3 is 9.84 Å². The fourth-order valence-corrected chi connectivity index (χ4v) is 1.92. The minimum absolute atomic E-state index is 0.0386. The second kappa shape index (κ2) is 13.2. The smallest absolute Gasteiger partial charge is 0.305 e. The van der Waals surface area contributed by atoms with Gasteiger partial charge in [-0.2, -0.15) is 0 Å². The first kappa shape index (κ1) is 22.8. The summed E-state index contributed by atoms with van der Waals surface area (Å²) in [5.74, 6) is -0.483. The lowest BCUT2D eigenvalue weighted by atomic mass is 10.0. The molecular formula is C20H30O5. The van der Waals surface area contributed by atoms with Gasteiger partial charge in [-0.1, -0.05) is 46.6 Å². The molecule has 1 aromatic carbocycles. The number of carbonyl (C=O) groups is 3. The maximum Gasteiger partial charge on any atom is 0.305 e. The zero-order valence-electron chi connectivity index (χ0n) is 15.7. The lowest BCUT2D eigenvalue weighted by molar-refractivity contribution is -0.140. The molecular weight excluding hydrogens is 320 g/mol. The molecule has 0 heterocycles. The first-order chi connectivity index (χ1) is 11.9. The normalized spacial score (nSPS) is 9.96. The molecule has 0 atom stereocenters. The van der Waals surface area contributed by atoms with Crippen LogP contribution in [0.1, 0.15) is 80.5 Å². The van der Waals surface area contributed by atoms with Gasteiger partial charge in [0.1, 0.15) is 5.75 Å². The molecule has 1 aromatic rings. The number of para-hydroxylation sites is 1. The topological polar surface area (TPSA) is 80.7 Å². The highest BCUT2D eigenvalue weighted by molar-refractivity contribution is 6.01. The number of unbranched alkanes of at least 4 members (excludes halogenated alkanes) is 2. The van der Waals surface area contributed by atoms with E-state index in [1.54, 1.807) is 32.0 Å². The van der Waals surface area contributed by atoms with Gasteiger partial charge in [0, 0.05) is 6.42 Å². The van der Waals surface area contributed by atoms with Crippen LogP contribution in [0.25, 0.3) is 0 Å². The number of carbonyl (C=O) groups excluding carboxylic acids is 2. The second-order valence-corrected chi connectivity index (χ2v) is 6.06. The number of ether oxygens (including phenoxy) is 1. The van der Waals surface area contributed by atoms with Gasteiger partial charge in [0.25, 0.3) is 0 Å². The lowest BCUT2D eigenvalue weighted by Gasteiger charge is -2.12. The number of aliphatic carboxylic acids is 1. The number of rotatable bonds is 10. The zero-order valence-corrected chi connectivity index (χ0v) is 15.7. The molecule has 0 aliphatic carbocycles. The molecule has 5 heteroatoms. The van der Waals surface area contributed by atoms with Crippen LogP contribution in [0.15, 0.2) is 18.2 Å². The number of hydrogen-bond acceptors (Lipinski definition) is 4. The van der Waals surface area contributed by atoms with Crippen molar-refractivity contribution in [1.29, 1.82) is 0 Å². The molecule has 0 spiro atoms. The van der Waals surface area contributed by atoms with Gasteiger partial charge in [0.2, 0.25) is 0 Å². The van der Waals surface area contributed by atoms with E-state index in [4.69, 9.17) is 9.84 Å². The zero-order chi connectivity index (χ0) is 19.2. The highest BCUT2D eigenvalue weighted by atomic mass is 16.5. The Bertz CT molecular complexity index is 549. The molecule has 0 aromatic heterocycles. The van der Waals surface area contributed by atoms with E-state index >= 15 is 0 Å². The molecule has 0 radical (unpaired) electrons. The van der Waals surface area contributed by atoms with Crippen LogP contribution in [0.2, 0.25) is 0 Å². The highest BCUT2D eigenvalue weighted by Gasteiger charge is 2.15. The van der Waals surface area contributed by atoms with E-state index in [1.165, 1.54) is 0 Å². The first-order valence-electron chi connectivity index (χ1n) is 8.85. The minimum atomic E-state index is -0.741. The van der Waals surface area contributed by atoms with Crippen molar-refractivity contribution in [3.8, 4) is 5.75 Å². The van der Waals surface area contributed by atoms with Crippen LogP contribution in [-0.2, 0) is 4.79 Å². The molecule has 0 aliphatic heterocycles. The van der Waals surface area contributed by atoms with Gasteiger partial charge in [-0.15, -0.1) is 0 Å². The van der Waals surface area contributed by atoms with Crippen molar-refractivity contribution >= 4 is 18.0 Å². The fourth-order valence-electron chi connectivity index (χ4n) is 1.92. The summed E-state index contributed by atoms with van der Waals surface area (Å²) < 4.78 is 5.68. The van der Waals surface area contributed by atoms with Crippen molar-refractivity contribution in [3.63, 3.8) is 0 Å². The van der Waals surface area contributed by atoms with Gasteiger partial charge >= 0.3 is 5.97 Å². The van der Waals surface area contributed by atoms with Crippen molar-refractivity contribution in [3.05, 3.63) is 29.3 Å². The number of aldehydes is 1. The Hall–Kier alpha value is -2.17. The summed E-state index contributed by atoms with van der Waals surface area (Å²) in [6, 6.07) is 5.15. The van der Waals surface area contributed by atoms with Crippen LogP contribution in [0.4, 0.5) is 0 Å². The van der Waals surface area contributed by atoms with E-state index < -0.39 is 5.97 Å². The molecule has 0 unspecified atom stereocenters. The predicted octanol–water partition coefficient (Wildman–Crippen LogP) is 4.78. The van der Waals surface area contributed by atoms with E-state index in [9.17, 15) is 14.4 Å². The van der Waals surface area contributed by atoms with Crippen molar-refractivity contribution in [2.24, 2.45) is 5.92 Å². The highest BCUT2D eigenvalue weighted by Crippen LogP contribution is 2.25. The van der Waals surface area contributed by atoms with Gasteiger partial charge in [-0.25, -0.2) is 0 Å². The molecule has 1 rings (SSSR count). The first-order valence-corrected chi connectivity index (χ1v) is 8.85. The number of carboxylic acid groups (broad SMARTS) is 1. The summed E-state index contributed by atoms with van der Waals surface area (Å²) in [6.45, 7) is 7.91. The van der Waals surface area contributed by atoms with Gasteiger partial charge in [0.15, 0.2) is 12.1 Å². The average Bonchev–Trinajstić information content (AvgIpc) is 2.59. The largest absolute Gasteiger partial charge is 0.492 e. The van der Waals surface area contributed by atoms with Crippen LogP contribution < -0.4 is 4.74 Å². The Balaban J connectivity index is 0.000000823. The molecule has 0 bridgehead atoms. The third kappa shape index (κ3) is 9.03. The Morgan fingerprint density at radius 1 is 1.16 bits per heavy atom. The molecule has 1 N–H and O–H groups in total. The molecule has 140 valence electrons. The maximum absolute atomic E-state index is 12.0. The van der Waals surface area contributed by atoms with Crippen molar-refractivity contribution in [2.75, 3.05) is 6.61 Å². The maximum atomic E-state index is 12.0. The van der Waals surface area contributed by atoms with Crippen LogP contribution in [-0.4, -0.2) is 29.8 Å². The van der Waals surface area contributed by atoms with Crippen LogP contribution >= 0.6 is 0 Å². The van der Waals surface area contributed by atoms with Gasteiger partial charge in [0.05, 0.1) is 23.7 Å². The quantitative estimate of drug-likeness (QED) is 0.373. The number of benzene rings is 1. The molecule has 0 saturated heterocycles. The molecule has 0 fully saturated rings. The third-order valence-corrected chi connectivity index (χ3v) is 3.44. The van der Waals surface area contributed by atoms with Crippen molar-refractivity contribution in [1.82, 2.24) is 0 Å². The second-order valence-electron chi connectivity index (χ2n) is 6.06. The molecule has 0 amide bonds. The molecule has 25 heavy (non-hydrogen) atoms. The molecule has 0 saturated carbocycles. The van der Waals surface area contributed by atoms with Crippen LogP contribution in [0.5, 0.6) is 5.75 Å². The Kier molecular flexibility index (Phi) is 12.0. The summed E-state index contributed by atoms with van der Waals surface area (Å²) in [4.78, 5) is 32.8. The summed E-state index contributed by atoms with van der Waals surface area (Å²) in [5.41, 5.74) is 0.987. The summed E-state index contributed by atoms with van der Waals surface area (Å²) in [6.07, 6.45) is 5.15. The van der Waals surface area contributed by atoms with E-state index in [1.807, 2.05) is 6.92 Å². The summed E-state index contributed by atoms with van der Waals surface area (Å²) in [7, 11) is 0. The number of hydrogen-bond donors (Lipinski definition) is 1. The summed E-state index contributed by atoms with van der Waals surface area (Å²) >= 11 is 0. The predicted molar refractivity (Wildman–Crippen MR) is 98.6 cm³/mol. The SMILES string of the molecule is CC(C)C(=O)O.CCCCCOc1c(C=O)cccc1C(=O)CCC. The Morgan fingerprint density at radius 3 is 2.28 bits per heavy atom. The number of ketones is 1. The molecule has 0 aliphatic rings. The average molecular weight is 350 g/mol. The van der Waals surface area contributed by atoms with Gasteiger partial charge in [-0.3, -0.25) is 14.4 Å². The minimum Gasteiger partial charge on any atom is -0.492 e. The van der Waals surface area contributed by atoms with E-state index in [2.05, 4.69) is 6.92 Å². The van der Waals surface area contributed by atoms with Crippen molar-refractivity contribution in [2.45, 2.75) is 59.8 Å². The van der Waals surface area contributed by atoms with E-state index in [0.29, 0.717) is 29.9 Å². The standard InChI is InChI=1S/C16H22O3.C4H8O2/c1-3-5-6-11-19-16-13(12-17)9-7-10-14(16)15(18)8-4-2;1-3(2)4(5)6/h7,9-10,12H,3-6,8,11H2,1-2H3;3H,1-2H3,(H,5,6). The monoisotopic (exact) mass is 350 g/mol. The van der Waals surface area contributed by atoms with Crippen LogP contribution in [0, 0.1) is 5.92 Å². The number of Topliss-reactive ketones (excluding diaryl/α,β-unsaturated/α-hetero) is 1.